The lowest BCUT2D eigenvalue weighted by molar-refractivity contribution is -0.794. The molecule has 0 bridgehead atoms. The van der Waals surface area contributed by atoms with Crippen LogP contribution in [0, 0.1) is 20.2 Å². The second-order valence-corrected chi connectivity index (χ2v) is 3.20. The molecule has 8 nitrogen and oxygen atoms in total. The van der Waals surface area contributed by atoms with Crippen LogP contribution in [-0.2, 0) is 9.47 Å². The van der Waals surface area contributed by atoms with E-state index < -0.39 is 22.1 Å². The number of nitro groups is 2. The van der Waals surface area contributed by atoms with Crippen molar-refractivity contribution in [2.24, 2.45) is 0 Å². The molecule has 14 heavy (non-hydrogen) atoms. The Morgan fingerprint density at radius 2 is 2.00 bits per heavy atom. The molecule has 0 N–H and O–H groups in total. The minimum atomic E-state index is -2.27. The highest BCUT2D eigenvalue weighted by Gasteiger charge is 2.51. The monoisotopic (exact) mass is 206 g/mol. The molecular weight excluding hydrogens is 196 g/mol. The lowest BCUT2D eigenvalue weighted by Crippen LogP contribution is -2.47. The molecule has 0 aromatic heterocycles. The Labute approximate surface area is 79.1 Å². The lowest BCUT2D eigenvalue weighted by Gasteiger charge is -2.11. The molecule has 1 unspecified atom stereocenters. The van der Waals surface area contributed by atoms with Gasteiger partial charge in [-0.2, -0.15) is 0 Å². The van der Waals surface area contributed by atoms with Gasteiger partial charge in [0.25, 0.3) is 0 Å². The smallest absolute Gasteiger partial charge is 0.371 e. The number of nitrogens with zero attached hydrogens (tertiary/aromatic N) is 2. The molecule has 0 aromatic rings. The van der Waals surface area contributed by atoms with Crippen LogP contribution in [-0.4, -0.2) is 41.4 Å². The van der Waals surface area contributed by atoms with Gasteiger partial charge in [-0.15, -0.1) is 0 Å². The van der Waals surface area contributed by atoms with Gasteiger partial charge in [0, 0.05) is 0 Å². The molecule has 1 aliphatic heterocycles. The van der Waals surface area contributed by atoms with Gasteiger partial charge >= 0.3 is 5.66 Å². The van der Waals surface area contributed by atoms with E-state index >= 15 is 0 Å². The van der Waals surface area contributed by atoms with Crippen LogP contribution in [0.3, 0.4) is 0 Å². The van der Waals surface area contributed by atoms with Gasteiger partial charge in [-0.3, -0.25) is 20.2 Å². The van der Waals surface area contributed by atoms with Crippen molar-refractivity contribution in [3.8, 4) is 0 Å². The predicted molar refractivity (Wildman–Crippen MR) is 43.0 cm³/mol. The van der Waals surface area contributed by atoms with Crippen LogP contribution in [0.2, 0.25) is 0 Å². The van der Waals surface area contributed by atoms with Crippen molar-refractivity contribution in [1.29, 1.82) is 0 Å². The van der Waals surface area contributed by atoms with Crippen molar-refractivity contribution < 1.29 is 19.3 Å². The Kier molecular flexibility index (Phi) is 2.96. The highest BCUT2D eigenvalue weighted by atomic mass is 16.7. The highest BCUT2D eigenvalue weighted by Crippen LogP contribution is 2.13. The van der Waals surface area contributed by atoms with Gasteiger partial charge in [0.2, 0.25) is 0 Å². The van der Waals surface area contributed by atoms with Crippen molar-refractivity contribution in [2.45, 2.75) is 18.7 Å². The lowest BCUT2D eigenvalue weighted by atomic mass is 10.2. The minimum Gasteiger partial charge on any atom is -0.371 e. The average Bonchev–Trinajstić information content (AvgIpc) is 2.87. The molecule has 0 aliphatic carbocycles. The third-order valence-corrected chi connectivity index (χ3v) is 1.87. The molecule has 0 amide bonds. The van der Waals surface area contributed by atoms with Gasteiger partial charge in [-0.05, 0) is 0 Å². The van der Waals surface area contributed by atoms with Crippen LogP contribution < -0.4 is 0 Å². The Morgan fingerprint density at radius 3 is 2.36 bits per heavy atom. The molecule has 80 valence electrons. The molecule has 1 rings (SSSR count). The molecule has 1 fully saturated rings. The molecular formula is C6H10N2O6. The Morgan fingerprint density at radius 1 is 1.50 bits per heavy atom. The largest absolute Gasteiger partial charge is 0.478 e. The topological polar surface area (TPSA) is 108 Å². The predicted octanol–water partition coefficient (Wildman–Crippen LogP) is -0.329. The van der Waals surface area contributed by atoms with Crippen molar-refractivity contribution in [1.82, 2.24) is 0 Å². The molecule has 1 aliphatic rings. The molecule has 8 heteroatoms. The fourth-order valence-electron chi connectivity index (χ4n) is 0.720. The zero-order valence-corrected chi connectivity index (χ0v) is 7.54. The second-order valence-electron chi connectivity index (χ2n) is 3.20. The minimum absolute atomic E-state index is 0.0576. The third-order valence-electron chi connectivity index (χ3n) is 1.87. The molecule has 1 heterocycles. The summed E-state index contributed by atoms with van der Waals surface area (Å²) >= 11 is 0. The Bertz CT molecular complexity index is 237. The van der Waals surface area contributed by atoms with Gasteiger partial charge in [0.15, 0.2) is 6.61 Å². The number of hydrogen-bond donors (Lipinski definition) is 0. The van der Waals surface area contributed by atoms with E-state index in [1.165, 1.54) is 0 Å². The summed E-state index contributed by atoms with van der Waals surface area (Å²) in [4.78, 5) is 18.9. The van der Waals surface area contributed by atoms with Crippen molar-refractivity contribution in [3.05, 3.63) is 20.2 Å². The fourth-order valence-corrected chi connectivity index (χ4v) is 0.720. The molecule has 0 aromatic carbocycles. The number of hydrogen-bond acceptors (Lipinski definition) is 6. The maximum Gasteiger partial charge on any atom is 0.478 e. The van der Waals surface area contributed by atoms with Gasteiger partial charge in [0.1, 0.15) is 16.0 Å². The van der Waals surface area contributed by atoms with Gasteiger partial charge in [-0.25, -0.2) is 0 Å². The zero-order chi connectivity index (χ0) is 10.8. The van der Waals surface area contributed by atoms with E-state index in [2.05, 4.69) is 0 Å². The average molecular weight is 206 g/mol. The van der Waals surface area contributed by atoms with E-state index in [4.69, 9.17) is 9.47 Å². The van der Waals surface area contributed by atoms with E-state index in [1.54, 1.807) is 0 Å². The first-order chi connectivity index (χ1) is 6.47. The first kappa shape index (κ1) is 10.8. The zero-order valence-electron chi connectivity index (χ0n) is 7.54. The first-order valence-corrected chi connectivity index (χ1v) is 3.95. The van der Waals surface area contributed by atoms with Crippen LogP contribution in [0.15, 0.2) is 0 Å². The van der Waals surface area contributed by atoms with E-state index in [-0.39, 0.29) is 12.7 Å². The maximum absolute atomic E-state index is 10.4. The second kappa shape index (κ2) is 3.84. The Balaban J connectivity index is 2.41. The normalized spacial score (nSPS) is 20.5. The molecule has 0 spiro atoms. The van der Waals surface area contributed by atoms with E-state index in [1.807, 2.05) is 0 Å². The van der Waals surface area contributed by atoms with Gasteiger partial charge < -0.3 is 9.47 Å². The summed E-state index contributed by atoms with van der Waals surface area (Å²) in [5.41, 5.74) is -2.27. The highest BCUT2D eigenvalue weighted by molar-refractivity contribution is 4.68. The SMILES string of the molecule is CC(COCC1CO1)([N+](=O)[O-])[N+](=O)[O-]. The summed E-state index contributed by atoms with van der Waals surface area (Å²) in [5.74, 6) is 0. The number of rotatable bonds is 6. The van der Waals surface area contributed by atoms with Crippen LogP contribution >= 0.6 is 0 Å². The van der Waals surface area contributed by atoms with Crippen LogP contribution in [0.5, 0.6) is 0 Å². The summed E-state index contributed by atoms with van der Waals surface area (Å²) in [6.45, 7) is 1.08. The summed E-state index contributed by atoms with van der Waals surface area (Å²) in [6, 6.07) is 0. The van der Waals surface area contributed by atoms with E-state index in [0.29, 0.717) is 6.61 Å². The fraction of sp³-hybridized carbons (Fsp3) is 1.00. The van der Waals surface area contributed by atoms with Crippen molar-refractivity contribution in [3.63, 3.8) is 0 Å². The van der Waals surface area contributed by atoms with Crippen LogP contribution in [0.25, 0.3) is 0 Å². The van der Waals surface area contributed by atoms with E-state index in [0.717, 1.165) is 6.92 Å². The van der Waals surface area contributed by atoms with Crippen LogP contribution in [0.4, 0.5) is 0 Å². The van der Waals surface area contributed by atoms with Crippen molar-refractivity contribution in [2.75, 3.05) is 19.8 Å². The standard InChI is InChI=1S/C6H10N2O6/c1-6(7(9)10,8(11)12)4-13-2-5-3-14-5/h5H,2-4H2,1H3. The quantitative estimate of drug-likeness (QED) is 0.255. The molecule has 0 radical (unpaired) electrons. The summed E-state index contributed by atoms with van der Waals surface area (Å²) in [6.07, 6.45) is -0.0576. The van der Waals surface area contributed by atoms with Gasteiger partial charge in [-0.1, -0.05) is 0 Å². The van der Waals surface area contributed by atoms with Crippen molar-refractivity contribution >= 4 is 0 Å². The number of ether oxygens (including phenoxy) is 2. The molecule has 1 atom stereocenters. The summed E-state index contributed by atoms with van der Waals surface area (Å²) < 4.78 is 9.62. The third kappa shape index (κ3) is 2.36. The van der Waals surface area contributed by atoms with Gasteiger partial charge in [0.05, 0.1) is 20.1 Å². The van der Waals surface area contributed by atoms with Crippen LogP contribution in [0.1, 0.15) is 6.92 Å². The summed E-state index contributed by atoms with van der Waals surface area (Å²) in [5, 5.41) is 20.8. The molecule has 1 saturated heterocycles. The first-order valence-electron chi connectivity index (χ1n) is 3.95. The summed E-state index contributed by atoms with van der Waals surface area (Å²) in [7, 11) is 0. The molecule has 0 saturated carbocycles. The Hall–Kier alpha value is -1.28. The van der Waals surface area contributed by atoms with E-state index in [9.17, 15) is 20.2 Å². The number of epoxide rings is 1. The maximum atomic E-state index is 10.4.